The predicted molar refractivity (Wildman–Crippen MR) is 119 cm³/mol. The zero-order chi connectivity index (χ0) is 22.1. The molecule has 0 atom stereocenters. The van der Waals surface area contributed by atoms with E-state index in [4.69, 9.17) is 5.73 Å². The van der Waals surface area contributed by atoms with E-state index in [1.807, 2.05) is 13.8 Å². The Morgan fingerprint density at radius 1 is 0.667 bits per heavy atom. The summed E-state index contributed by atoms with van der Waals surface area (Å²) >= 11 is 0. The first-order chi connectivity index (χ1) is 11.5. The fraction of sp³-hybridized carbons (Fsp3) is 0.957. The molecule has 0 unspecified atom stereocenters. The highest BCUT2D eigenvalue weighted by Gasteiger charge is 2.39. The molecule has 0 aromatic heterocycles. The van der Waals surface area contributed by atoms with E-state index < -0.39 is 5.41 Å². The third kappa shape index (κ3) is 11.7. The molecule has 0 heterocycles. The summed E-state index contributed by atoms with van der Waals surface area (Å²) in [5, 5.41) is 7.07. The Bertz CT molecular complexity index is 503. The molecule has 0 aliphatic carbocycles. The van der Waals surface area contributed by atoms with Crippen LogP contribution in [-0.4, -0.2) is 28.1 Å². The summed E-state index contributed by atoms with van der Waals surface area (Å²) in [5.41, 5.74) is 5.19. The van der Waals surface area contributed by atoms with Gasteiger partial charge in [0.25, 0.3) is 0 Å². The molecule has 0 aromatic carbocycles. The molecule has 0 saturated heterocycles. The molecule has 0 spiro atoms. The Morgan fingerprint density at radius 3 is 1.44 bits per heavy atom. The van der Waals surface area contributed by atoms with E-state index in [0.717, 1.165) is 19.3 Å². The van der Waals surface area contributed by atoms with E-state index in [-0.39, 0.29) is 33.5 Å². The van der Waals surface area contributed by atoms with Crippen LogP contribution in [-0.2, 0) is 4.79 Å². The van der Waals surface area contributed by atoms with Crippen molar-refractivity contribution in [3.05, 3.63) is 0 Å². The lowest BCUT2D eigenvalue weighted by atomic mass is 9.75. The molecule has 0 aromatic rings. The lowest BCUT2D eigenvalue weighted by molar-refractivity contribution is -0.132. The van der Waals surface area contributed by atoms with Crippen LogP contribution < -0.4 is 16.4 Å². The van der Waals surface area contributed by atoms with Gasteiger partial charge in [0.05, 0.1) is 0 Å². The summed E-state index contributed by atoms with van der Waals surface area (Å²) in [4.78, 5) is 13.0. The van der Waals surface area contributed by atoms with Gasteiger partial charge in [-0.25, -0.2) is 0 Å². The number of nitrogens with one attached hydrogen (secondary N) is 2. The summed E-state index contributed by atoms with van der Waals surface area (Å²) in [5.74, 6) is 0.126. The number of hydrogen-bond donors (Lipinski definition) is 3. The maximum atomic E-state index is 13.0. The Morgan fingerprint density at radius 2 is 1.07 bits per heavy atom. The normalized spacial score (nSPS) is 15.0. The Kier molecular flexibility index (Phi) is 7.84. The van der Waals surface area contributed by atoms with Gasteiger partial charge in [0, 0.05) is 27.6 Å². The van der Waals surface area contributed by atoms with Gasteiger partial charge in [0.1, 0.15) is 0 Å². The minimum absolute atomic E-state index is 0.0899. The van der Waals surface area contributed by atoms with E-state index in [1.165, 1.54) is 0 Å². The van der Waals surface area contributed by atoms with Gasteiger partial charge in [-0.1, -0.05) is 34.6 Å². The van der Waals surface area contributed by atoms with Crippen molar-refractivity contribution in [1.29, 1.82) is 0 Å². The predicted octanol–water partition coefficient (Wildman–Crippen LogP) is 5.01. The number of hydrogen-bond acceptors (Lipinski definition) is 3. The quantitative estimate of drug-likeness (QED) is 0.524. The first-order valence-electron chi connectivity index (χ1n) is 10.4. The van der Waals surface area contributed by atoms with Crippen LogP contribution >= 0.6 is 0 Å². The van der Waals surface area contributed by atoms with Crippen molar-refractivity contribution in [1.82, 2.24) is 10.6 Å². The highest BCUT2D eigenvalue weighted by molar-refractivity contribution is 5.82. The van der Waals surface area contributed by atoms with Crippen molar-refractivity contribution >= 4 is 5.91 Å². The van der Waals surface area contributed by atoms with Crippen LogP contribution in [0.25, 0.3) is 0 Å². The fourth-order valence-corrected chi connectivity index (χ4v) is 5.18. The third-order valence-electron chi connectivity index (χ3n) is 4.50. The van der Waals surface area contributed by atoms with Crippen molar-refractivity contribution in [2.45, 2.75) is 131 Å². The number of carbonyl (C=O) groups excluding carboxylic acids is 1. The number of amides is 1. The Labute approximate surface area is 169 Å². The molecule has 0 radical (unpaired) electrons. The number of carbonyl (C=O) groups is 1. The topological polar surface area (TPSA) is 67.2 Å². The van der Waals surface area contributed by atoms with Crippen LogP contribution in [0.3, 0.4) is 0 Å². The molecule has 0 rings (SSSR count). The van der Waals surface area contributed by atoms with E-state index in [9.17, 15) is 4.79 Å². The van der Waals surface area contributed by atoms with Gasteiger partial charge in [0.2, 0.25) is 5.91 Å². The summed E-state index contributed by atoms with van der Waals surface area (Å²) in [6, 6.07) is 0. The molecule has 4 heteroatoms. The van der Waals surface area contributed by atoms with Crippen molar-refractivity contribution in [3.63, 3.8) is 0 Å². The molecule has 0 aliphatic heterocycles. The van der Waals surface area contributed by atoms with Crippen LogP contribution in [0.2, 0.25) is 0 Å². The molecule has 1 amide bonds. The molecule has 0 bridgehead atoms. The second kappa shape index (κ2) is 8.02. The van der Waals surface area contributed by atoms with Crippen molar-refractivity contribution in [3.8, 4) is 0 Å². The summed E-state index contributed by atoms with van der Waals surface area (Å²) in [6.07, 6.45) is 2.54. The van der Waals surface area contributed by atoms with E-state index in [2.05, 4.69) is 86.8 Å². The summed E-state index contributed by atoms with van der Waals surface area (Å²) in [6.45, 7) is 27.8. The number of nitrogens with two attached hydrogens (primary N) is 1. The van der Waals surface area contributed by atoms with Crippen LogP contribution in [0.4, 0.5) is 0 Å². The minimum atomic E-state index is -0.393. The molecule has 0 saturated carbocycles. The molecule has 162 valence electrons. The zero-order valence-corrected chi connectivity index (χ0v) is 20.6. The molecule has 27 heavy (non-hydrogen) atoms. The van der Waals surface area contributed by atoms with Crippen LogP contribution in [0.1, 0.15) is 109 Å². The van der Waals surface area contributed by atoms with Gasteiger partial charge >= 0.3 is 0 Å². The molecular formula is C23H49N3O. The van der Waals surface area contributed by atoms with Gasteiger partial charge in [-0.15, -0.1) is 0 Å². The van der Waals surface area contributed by atoms with Crippen molar-refractivity contribution in [2.75, 3.05) is 0 Å². The van der Waals surface area contributed by atoms with Gasteiger partial charge in [-0.2, -0.15) is 0 Å². The van der Waals surface area contributed by atoms with Gasteiger partial charge < -0.3 is 16.4 Å². The molecular weight excluding hydrogens is 334 g/mol. The molecule has 0 fully saturated rings. The SMILES string of the molecule is CC(C)(C)CC(C)(C)C(=O)NC(C)(C)CC(C)(C)NC(C)(C)CC(C)(C)N. The first kappa shape index (κ1) is 26.4. The van der Waals surface area contributed by atoms with Gasteiger partial charge in [-0.05, 0) is 80.1 Å². The average Bonchev–Trinajstić information content (AvgIpc) is 2.15. The molecule has 4 N–H and O–H groups in total. The Hall–Kier alpha value is -0.610. The molecule has 0 aliphatic rings. The standard InChI is InChI=1S/C23H49N3O/c1-18(2,3)14-19(4,5)17(27)25-21(8,9)16-23(12,13)26-22(10,11)15-20(6,7)24/h26H,14-16,24H2,1-13H3,(H,25,27). The van der Waals surface area contributed by atoms with Gasteiger partial charge in [-0.3, -0.25) is 4.79 Å². The lowest BCUT2D eigenvalue weighted by Crippen LogP contribution is -2.60. The maximum absolute atomic E-state index is 13.0. The number of rotatable bonds is 9. The monoisotopic (exact) mass is 383 g/mol. The maximum Gasteiger partial charge on any atom is 0.226 e. The Balaban J connectivity index is 5.10. The summed E-state index contributed by atoms with van der Waals surface area (Å²) in [7, 11) is 0. The largest absolute Gasteiger partial charge is 0.351 e. The van der Waals surface area contributed by atoms with Gasteiger partial charge in [0.15, 0.2) is 0 Å². The van der Waals surface area contributed by atoms with E-state index in [0.29, 0.717) is 0 Å². The lowest BCUT2D eigenvalue weighted by Gasteiger charge is -2.44. The third-order valence-corrected chi connectivity index (χ3v) is 4.50. The smallest absolute Gasteiger partial charge is 0.226 e. The summed E-state index contributed by atoms with van der Waals surface area (Å²) < 4.78 is 0. The highest BCUT2D eigenvalue weighted by Crippen LogP contribution is 2.34. The fourth-order valence-electron chi connectivity index (χ4n) is 5.18. The second-order valence-electron chi connectivity index (χ2n) is 13.2. The zero-order valence-electron chi connectivity index (χ0n) is 20.6. The van der Waals surface area contributed by atoms with Crippen molar-refractivity contribution in [2.24, 2.45) is 16.6 Å². The first-order valence-corrected chi connectivity index (χ1v) is 10.4. The van der Waals surface area contributed by atoms with Crippen LogP contribution in [0.15, 0.2) is 0 Å². The molecule has 4 nitrogen and oxygen atoms in total. The van der Waals surface area contributed by atoms with E-state index in [1.54, 1.807) is 0 Å². The van der Waals surface area contributed by atoms with Crippen LogP contribution in [0, 0.1) is 10.8 Å². The van der Waals surface area contributed by atoms with Crippen molar-refractivity contribution < 1.29 is 4.79 Å². The minimum Gasteiger partial charge on any atom is -0.351 e. The second-order valence-corrected chi connectivity index (χ2v) is 13.2. The van der Waals surface area contributed by atoms with E-state index >= 15 is 0 Å². The highest BCUT2D eigenvalue weighted by atomic mass is 16.2. The van der Waals surface area contributed by atoms with Crippen LogP contribution in [0.5, 0.6) is 0 Å². The average molecular weight is 384 g/mol.